The van der Waals surface area contributed by atoms with E-state index in [2.05, 4.69) is 0 Å². The molecule has 1 aromatic carbocycles. The summed E-state index contributed by atoms with van der Waals surface area (Å²) >= 11 is 0. The highest BCUT2D eigenvalue weighted by Gasteiger charge is 2.43. The number of amides is 1. The molecule has 2 aliphatic rings. The summed E-state index contributed by atoms with van der Waals surface area (Å²) in [6.07, 6.45) is -3.75. The molecule has 0 saturated carbocycles. The summed E-state index contributed by atoms with van der Waals surface area (Å²) in [6.45, 7) is 2.72. The van der Waals surface area contributed by atoms with Crippen LogP contribution in [0.3, 0.4) is 0 Å². The van der Waals surface area contributed by atoms with Crippen molar-refractivity contribution in [2.75, 3.05) is 39.3 Å². The second-order valence-electron chi connectivity index (χ2n) is 7.59. The molecule has 2 aliphatic heterocycles. The van der Waals surface area contributed by atoms with E-state index in [-0.39, 0.29) is 49.9 Å². The maximum atomic E-state index is 13.0. The zero-order valence-corrected chi connectivity index (χ0v) is 17.1. The van der Waals surface area contributed by atoms with Crippen LogP contribution in [0, 0.1) is 5.92 Å². The summed E-state index contributed by atoms with van der Waals surface area (Å²) in [5.41, 5.74) is 0. The van der Waals surface area contributed by atoms with E-state index in [1.54, 1.807) is 34.9 Å². The summed E-state index contributed by atoms with van der Waals surface area (Å²) in [5, 5.41) is 0. The molecular formula is C19H26F3N3O3S. The summed E-state index contributed by atoms with van der Waals surface area (Å²) in [7, 11) is -3.62. The van der Waals surface area contributed by atoms with Gasteiger partial charge in [-0.15, -0.1) is 0 Å². The zero-order chi connectivity index (χ0) is 21.2. The fourth-order valence-corrected chi connectivity index (χ4v) is 5.38. The minimum absolute atomic E-state index is 0.0942. The van der Waals surface area contributed by atoms with Crippen molar-refractivity contribution in [3.63, 3.8) is 0 Å². The number of benzene rings is 1. The molecule has 0 N–H and O–H groups in total. The maximum Gasteiger partial charge on any atom is 0.393 e. The van der Waals surface area contributed by atoms with Gasteiger partial charge in [-0.1, -0.05) is 18.2 Å². The highest BCUT2D eigenvalue weighted by Crippen LogP contribution is 2.33. The van der Waals surface area contributed by atoms with Crippen LogP contribution in [-0.2, 0) is 14.8 Å². The van der Waals surface area contributed by atoms with Gasteiger partial charge in [-0.05, 0) is 38.4 Å². The Kier molecular flexibility index (Phi) is 6.54. The quantitative estimate of drug-likeness (QED) is 0.730. The van der Waals surface area contributed by atoms with Gasteiger partial charge in [0.25, 0.3) is 0 Å². The number of rotatable bonds is 4. The van der Waals surface area contributed by atoms with Crippen LogP contribution in [0.1, 0.15) is 19.8 Å². The van der Waals surface area contributed by atoms with Gasteiger partial charge in [0.15, 0.2) is 0 Å². The van der Waals surface area contributed by atoms with Crippen molar-refractivity contribution >= 4 is 15.9 Å². The molecule has 0 radical (unpaired) electrons. The molecule has 3 rings (SSSR count). The third-order valence-electron chi connectivity index (χ3n) is 5.75. The molecule has 1 amide bonds. The van der Waals surface area contributed by atoms with Crippen LogP contribution in [0.2, 0.25) is 0 Å². The Morgan fingerprint density at radius 2 is 1.69 bits per heavy atom. The highest BCUT2D eigenvalue weighted by molar-refractivity contribution is 7.89. The molecule has 2 atom stereocenters. The fraction of sp³-hybridized carbons (Fsp3) is 0.632. The van der Waals surface area contributed by atoms with Crippen molar-refractivity contribution < 1.29 is 26.4 Å². The maximum absolute atomic E-state index is 13.0. The molecule has 0 spiro atoms. The van der Waals surface area contributed by atoms with Crippen molar-refractivity contribution in [3.8, 4) is 0 Å². The van der Waals surface area contributed by atoms with Gasteiger partial charge < -0.3 is 4.90 Å². The van der Waals surface area contributed by atoms with E-state index in [0.29, 0.717) is 13.0 Å². The molecule has 2 heterocycles. The van der Waals surface area contributed by atoms with E-state index in [1.807, 2.05) is 0 Å². The largest absolute Gasteiger partial charge is 0.393 e. The number of nitrogens with zero attached hydrogens (tertiary/aromatic N) is 3. The average Bonchev–Trinajstić information content (AvgIpc) is 2.73. The van der Waals surface area contributed by atoms with Gasteiger partial charge in [-0.2, -0.15) is 17.5 Å². The zero-order valence-electron chi connectivity index (χ0n) is 16.3. The highest BCUT2D eigenvalue weighted by atomic mass is 32.2. The van der Waals surface area contributed by atoms with Crippen molar-refractivity contribution in [3.05, 3.63) is 30.3 Å². The number of hydrogen-bond acceptors (Lipinski definition) is 4. The van der Waals surface area contributed by atoms with Crippen molar-refractivity contribution in [2.24, 2.45) is 5.92 Å². The van der Waals surface area contributed by atoms with Crippen molar-refractivity contribution in [1.82, 2.24) is 14.1 Å². The molecule has 6 nitrogen and oxygen atoms in total. The molecule has 0 bridgehead atoms. The number of carbonyl (C=O) groups is 1. The van der Waals surface area contributed by atoms with E-state index in [9.17, 15) is 26.4 Å². The van der Waals surface area contributed by atoms with Crippen LogP contribution in [0.15, 0.2) is 35.2 Å². The Morgan fingerprint density at radius 1 is 1.07 bits per heavy atom. The van der Waals surface area contributed by atoms with E-state index in [0.717, 1.165) is 0 Å². The van der Waals surface area contributed by atoms with Crippen LogP contribution in [0.5, 0.6) is 0 Å². The van der Waals surface area contributed by atoms with Gasteiger partial charge in [-0.25, -0.2) is 8.42 Å². The second kappa shape index (κ2) is 8.61. The van der Waals surface area contributed by atoms with E-state index in [4.69, 9.17) is 0 Å². The Balaban J connectivity index is 1.58. The Morgan fingerprint density at radius 3 is 2.28 bits per heavy atom. The van der Waals surface area contributed by atoms with Crippen LogP contribution in [0.4, 0.5) is 13.2 Å². The Bertz CT molecular complexity index is 809. The van der Waals surface area contributed by atoms with Crippen LogP contribution >= 0.6 is 0 Å². The smallest absolute Gasteiger partial charge is 0.339 e. The molecule has 29 heavy (non-hydrogen) atoms. The fourth-order valence-electron chi connectivity index (χ4n) is 3.94. The second-order valence-corrected chi connectivity index (χ2v) is 9.53. The number of likely N-dealkylation sites (tertiary alicyclic amines) is 1. The van der Waals surface area contributed by atoms with Crippen molar-refractivity contribution in [2.45, 2.75) is 36.9 Å². The number of piperazine rings is 1. The number of piperidine rings is 1. The lowest BCUT2D eigenvalue weighted by Crippen LogP contribution is -2.56. The number of halogens is 3. The molecule has 0 unspecified atom stereocenters. The van der Waals surface area contributed by atoms with Gasteiger partial charge in [-0.3, -0.25) is 9.69 Å². The number of carbonyl (C=O) groups excluding carboxylic acids is 1. The molecule has 10 heteroatoms. The minimum Gasteiger partial charge on any atom is -0.339 e. The Hall–Kier alpha value is -1.65. The first kappa shape index (κ1) is 22.0. The third-order valence-corrected chi connectivity index (χ3v) is 7.66. The average molecular weight is 433 g/mol. The lowest BCUT2D eigenvalue weighted by atomic mass is 9.96. The van der Waals surface area contributed by atoms with E-state index < -0.39 is 28.2 Å². The van der Waals surface area contributed by atoms with Crippen LogP contribution in [-0.4, -0.2) is 79.9 Å². The predicted molar refractivity (Wildman–Crippen MR) is 102 cm³/mol. The minimum atomic E-state index is -4.25. The van der Waals surface area contributed by atoms with E-state index in [1.165, 1.54) is 16.4 Å². The lowest BCUT2D eigenvalue weighted by Gasteiger charge is -2.40. The molecule has 1 aromatic rings. The van der Waals surface area contributed by atoms with Gasteiger partial charge in [0, 0.05) is 32.7 Å². The Labute approximate surface area is 169 Å². The van der Waals surface area contributed by atoms with Gasteiger partial charge in [0.1, 0.15) is 0 Å². The van der Waals surface area contributed by atoms with Crippen LogP contribution in [0.25, 0.3) is 0 Å². The lowest BCUT2D eigenvalue weighted by molar-refractivity contribution is -0.189. The number of alkyl halides is 3. The topological polar surface area (TPSA) is 60.9 Å². The summed E-state index contributed by atoms with van der Waals surface area (Å²) in [6, 6.07) is 7.45. The van der Waals surface area contributed by atoms with Gasteiger partial charge in [0.2, 0.25) is 15.9 Å². The molecule has 2 saturated heterocycles. The first-order valence-corrected chi connectivity index (χ1v) is 11.2. The van der Waals surface area contributed by atoms with Crippen LogP contribution < -0.4 is 0 Å². The summed E-state index contributed by atoms with van der Waals surface area (Å²) in [5.74, 6) is -1.65. The van der Waals surface area contributed by atoms with Gasteiger partial charge in [0.05, 0.1) is 16.9 Å². The number of hydrogen-bond donors (Lipinski definition) is 0. The first-order valence-electron chi connectivity index (χ1n) is 9.75. The molecule has 0 aromatic heterocycles. The number of sulfonamides is 1. The van der Waals surface area contributed by atoms with E-state index >= 15 is 0 Å². The predicted octanol–water partition coefficient (Wildman–Crippen LogP) is 2.18. The van der Waals surface area contributed by atoms with Gasteiger partial charge >= 0.3 is 6.18 Å². The SMILES string of the molecule is C[C@H](C(=O)N1CCN(S(=O)(=O)c2ccccc2)CC1)N1CCC[C@H](C(F)(F)F)C1. The normalized spacial score (nSPS) is 23.7. The molecule has 162 valence electrons. The molecule has 2 fully saturated rings. The summed E-state index contributed by atoms with van der Waals surface area (Å²) < 4.78 is 65.8. The summed E-state index contributed by atoms with van der Waals surface area (Å²) in [4.78, 5) is 16.2. The van der Waals surface area contributed by atoms with Crippen molar-refractivity contribution in [1.29, 1.82) is 0 Å². The first-order chi connectivity index (χ1) is 13.6. The molecular weight excluding hydrogens is 407 g/mol. The molecule has 0 aliphatic carbocycles. The third kappa shape index (κ3) is 4.92. The monoisotopic (exact) mass is 433 g/mol. The standard InChI is InChI=1S/C19H26F3N3O3S/c1-15(24-9-5-6-16(14-24)19(20,21)22)18(26)23-10-12-25(13-11-23)29(27,28)17-7-3-2-4-8-17/h2-4,7-8,15-16H,5-6,9-14H2,1H3/t15-,16+/m1/s1.